The number of hydrogen-bond donors (Lipinski definition) is 2. The highest BCUT2D eigenvalue weighted by Crippen LogP contribution is 2.37. The van der Waals surface area contributed by atoms with E-state index in [0.717, 1.165) is 18.4 Å². The van der Waals surface area contributed by atoms with Gasteiger partial charge in [-0.05, 0) is 56.6 Å². The Morgan fingerprint density at radius 2 is 2.06 bits per heavy atom. The fraction of sp³-hybridized carbons (Fsp3) is 0.417. The van der Waals surface area contributed by atoms with Crippen molar-refractivity contribution in [2.75, 3.05) is 27.3 Å². The second-order valence-corrected chi connectivity index (χ2v) is 8.39. The summed E-state index contributed by atoms with van der Waals surface area (Å²) in [6, 6.07) is 7.02. The molecule has 2 N–H and O–H groups in total. The Kier molecular flexibility index (Phi) is 6.99. The minimum Gasteiger partial charge on any atom is -0.496 e. The second kappa shape index (κ2) is 9.94. The van der Waals surface area contributed by atoms with E-state index in [1.54, 1.807) is 12.3 Å². The maximum absolute atomic E-state index is 13.2. The first-order valence-electron chi connectivity index (χ1n) is 11.1. The molecule has 10 heteroatoms. The number of nitrogens with zero attached hydrogens (tertiary/aromatic N) is 3. The summed E-state index contributed by atoms with van der Waals surface area (Å²) in [7, 11) is 3.31. The van der Waals surface area contributed by atoms with E-state index in [0.29, 0.717) is 23.4 Å². The molecule has 1 atom stereocenters. The van der Waals surface area contributed by atoms with Gasteiger partial charge in [0, 0.05) is 30.4 Å². The fourth-order valence-corrected chi connectivity index (χ4v) is 3.87. The van der Waals surface area contributed by atoms with Gasteiger partial charge in [-0.25, -0.2) is 4.98 Å². The zero-order valence-electron chi connectivity index (χ0n) is 19.3. The second-order valence-electron chi connectivity index (χ2n) is 8.39. The molecule has 0 saturated heterocycles. The number of rotatable bonds is 10. The van der Waals surface area contributed by atoms with Crippen LogP contribution in [0, 0.1) is 0 Å². The molecule has 3 aromatic rings. The largest absolute Gasteiger partial charge is 0.496 e. The van der Waals surface area contributed by atoms with Crippen molar-refractivity contribution >= 4 is 11.6 Å². The molecule has 1 aliphatic rings. The molecule has 0 spiro atoms. The van der Waals surface area contributed by atoms with Gasteiger partial charge < -0.3 is 19.9 Å². The Bertz CT molecular complexity index is 1180. The van der Waals surface area contributed by atoms with Crippen LogP contribution in [0.1, 0.15) is 41.7 Å². The van der Waals surface area contributed by atoms with Gasteiger partial charge in [-0.1, -0.05) is 0 Å². The average molecular weight is 475 g/mol. The SMILES string of the molecule is COc1cc(-c2cnc3cc(C(C)N(C)CCO)ccn23)cc(OC(F)F)c1C(=O)NC1CC1. The monoisotopic (exact) mass is 474 g/mol. The van der Waals surface area contributed by atoms with E-state index in [4.69, 9.17) is 9.47 Å². The first-order valence-corrected chi connectivity index (χ1v) is 11.1. The van der Waals surface area contributed by atoms with Crippen LogP contribution in [-0.2, 0) is 0 Å². The highest BCUT2D eigenvalue weighted by molar-refractivity contribution is 6.01. The number of nitrogens with one attached hydrogen (secondary N) is 1. The van der Waals surface area contributed by atoms with Crippen LogP contribution in [0.3, 0.4) is 0 Å². The topological polar surface area (TPSA) is 88.3 Å². The molecule has 182 valence electrons. The number of ether oxygens (including phenoxy) is 2. The lowest BCUT2D eigenvalue weighted by molar-refractivity contribution is -0.0502. The van der Waals surface area contributed by atoms with Crippen LogP contribution < -0.4 is 14.8 Å². The number of amides is 1. The molecule has 0 radical (unpaired) electrons. The Morgan fingerprint density at radius 3 is 2.71 bits per heavy atom. The van der Waals surface area contributed by atoms with E-state index in [1.165, 1.54) is 13.2 Å². The molecule has 34 heavy (non-hydrogen) atoms. The summed E-state index contributed by atoms with van der Waals surface area (Å²) in [4.78, 5) is 19.2. The highest BCUT2D eigenvalue weighted by atomic mass is 19.3. The van der Waals surface area contributed by atoms with Crippen LogP contribution in [-0.4, -0.2) is 65.3 Å². The van der Waals surface area contributed by atoms with Crippen molar-refractivity contribution in [3.63, 3.8) is 0 Å². The van der Waals surface area contributed by atoms with E-state index < -0.39 is 12.5 Å². The first kappa shape index (κ1) is 23.9. The number of pyridine rings is 1. The van der Waals surface area contributed by atoms with Crippen molar-refractivity contribution in [1.29, 1.82) is 0 Å². The number of imidazole rings is 1. The highest BCUT2D eigenvalue weighted by Gasteiger charge is 2.29. The number of methoxy groups -OCH3 is 1. The quantitative estimate of drug-likeness (QED) is 0.468. The minimum absolute atomic E-state index is 0.0445. The van der Waals surface area contributed by atoms with Crippen molar-refractivity contribution in [3.8, 4) is 22.8 Å². The lowest BCUT2D eigenvalue weighted by Gasteiger charge is -2.24. The molecule has 1 saturated carbocycles. The number of carbonyl (C=O) groups excluding carboxylic acids is 1. The van der Waals surface area contributed by atoms with Crippen molar-refractivity contribution in [2.45, 2.75) is 38.5 Å². The van der Waals surface area contributed by atoms with E-state index in [1.807, 2.05) is 41.6 Å². The fourth-order valence-electron chi connectivity index (χ4n) is 3.87. The molecule has 0 bridgehead atoms. The molecule has 1 unspecified atom stereocenters. The summed E-state index contributed by atoms with van der Waals surface area (Å²) in [5, 5.41) is 12.0. The van der Waals surface area contributed by atoms with Gasteiger partial charge in [0.05, 0.1) is 25.6 Å². The summed E-state index contributed by atoms with van der Waals surface area (Å²) < 4.78 is 38.4. The maximum Gasteiger partial charge on any atom is 0.387 e. The molecule has 2 heterocycles. The van der Waals surface area contributed by atoms with Crippen LogP contribution in [0.2, 0.25) is 0 Å². The Labute approximate surface area is 196 Å². The summed E-state index contributed by atoms with van der Waals surface area (Å²) >= 11 is 0. The van der Waals surface area contributed by atoms with Crippen LogP contribution in [0.25, 0.3) is 16.9 Å². The molecule has 0 aliphatic heterocycles. The van der Waals surface area contributed by atoms with Gasteiger partial charge in [-0.15, -0.1) is 0 Å². The minimum atomic E-state index is -3.10. The summed E-state index contributed by atoms with van der Waals surface area (Å²) in [6.45, 7) is -0.458. The predicted octanol–water partition coefficient (Wildman–Crippen LogP) is 3.49. The molecule has 1 aliphatic carbocycles. The summed E-state index contributed by atoms with van der Waals surface area (Å²) in [6.07, 6.45) is 5.20. The summed E-state index contributed by atoms with van der Waals surface area (Å²) in [5.74, 6) is -0.629. The molecule has 4 rings (SSSR count). The van der Waals surface area contributed by atoms with Gasteiger partial charge in [-0.2, -0.15) is 8.78 Å². The third-order valence-corrected chi connectivity index (χ3v) is 6.07. The van der Waals surface area contributed by atoms with Crippen molar-refractivity contribution in [3.05, 3.63) is 47.8 Å². The van der Waals surface area contributed by atoms with Gasteiger partial charge in [0.2, 0.25) is 0 Å². The number of halogens is 2. The number of aromatic nitrogens is 2. The lowest BCUT2D eigenvalue weighted by Crippen LogP contribution is -2.26. The third-order valence-electron chi connectivity index (χ3n) is 6.07. The number of aliphatic hydroxyl groups excluding tert-OH is 1. The number of benzene rings is 1. The van der Waals surface area contributed by atoms with Gasteiger partial charge in [0.1, 0.15) is 22.7 Å². The standard InChI is InChI=1S/C24H28F2N4O4/c1-14(29(2)8-9-31)15-6-7-30-18(13-27-21(30)12-15)16-10-19(33-3)22(20(11-16)34-24(25)26)23(32)28-17-4-5-17/h6-7,10-14,17,24,31H,4-5,8-9H2,1-3H3,(H,28,32). The van der Waals surface area contributed by atoms with Gasteiger partial charge in [0.15, 0.2) is 0 Å². The summed E-state index contributed by atoms with van der Waals surface area (Å²) in [5.41, 5.74) is 2.77. The molecule has 2 aromatic heterocycles. The Balaban J connectivity index is 1.74. The molecule has 1 fully saturated rings. The molecule has 8 nitrogen and oxygen atoms in total. The van der Waals surface area contributed by atoms with Gasteiger partial charge in [-0.3, -0.25) is 14.1 Å². The molecule has 1 aromatic carbocycles. The van der Waals surface area contributed by atoms with Crippen LogP contribution in [0.5, 0.6) is 11.5 Å². The van der Waals surface area contributed by atoms with Crippen molar-refractivity contribution in [1.82, 2.24) is 19.6 Å². The average Bonchev–Trinajstić information content (AvgIpc) is 3.52. The number of carbonyl (C=O) groups is 1. The van der Waals surface area contributed by atoms with Crippen molar-refractivity contribution in [2.24, 2.45) is 0 Å². The molecular formula is C24H28F2N4O4. The number of likely N-dealkylation sites (N-methyl/N-ethyl adjacent to an activating group) is 1. The van der Waals surface area contributed by atoms with E-state index in [-0.39, 0.29) is 35.8 Å². The number of aliphatic hydroxyl groups is 1. The smallest absolute Gasteiger partial charge is 0.387 e. The maximum atomic E-state index is 13.2. The Hall–Kier alpha value is -3.24. The van der Waals surface area contributed by atoms with Gasteiger partial charge >= 0.3 is 6.61 Å². The van der Waals surface area contributed by atoms with E-state index in [9.17, 15) is 18.7 Å². The number of alkyl halides is 2. The van der Waals surface area contributed by atoms with Crippen molar-refractivity contribution < 1.29 is 28.2 Å². The third kappa shape index (κ3) is 4.97. The van der Waals surface area contributed by atoms with Crippen LogP contribution >= 0.6 is 0 Å². The molecule has 1 amide bonds. The van der Waals surface area contributed by atoms with E-state index in [2.05, 4.69) is 10.3 Å². The predicted molar refractivity (Wildman–Crippen MR) is 122 cm³/mol. The lowest BCUT2D eigenvalue weighted by atomic mass is 10.1. The van der Waals surface area contributed by atoms with Crippen LogP contribution in [0.4, 0.5) is 8.78 Å². The zero-order chi connectivity index (χ0) is 24.4. The number of fused-ring (bicyclic) bond motifs is 1. The normalized spacial score (nSPS) is 14.6. The zero-order valence-corrected chi connectivity index (χ0v) is 19.3. The van der Waals surface area contributed by atoms with Crippen LogP contribution in [0.15, 0.2) is 36.7 Å². The Morgan fingerprint density at radius 1 is 1.32 bits per heavy atom. The van der Waals surface area contributed by atoms with Gasteiger partial charge in [0.25, 0.3) is 5.91 Å². The molecular weight excluding hydrogens is 446 g/mol. The van der Waals surface area contributed by atoms with E-state index >= 15 is 0 Å². The first-order chi connectivity index (χ1) is 16.3. The number of hydrogen-bond acceptors (Lipinski definition) is 6.